The average molecular weight is 361 g/mol. The van der Waals surface area contributed by atoms with Crippen molar-refractivity contribution in [3.05, 3.63) is 60.3 Å². The minimum Gasteiger partial charge on any atom is -0.355 e. The van der Waals surface area contributed by atoms with Crippen molar-refractivity contribution in [3.63, 3.8) is 0 Å². The molecule has 4 aromatic rings. The highest BCUT2D eigenvalue weighted by Crippen LogP contribution is 2.25. The first-order valence-electron chi connectivity index (χ1n) is 9.15. The third kappa shape index (κ3) is 3.28. The number of rotatable bonds is 6. The smallest absolute Gasteiger partial charge is 0.163 e. The van der Waals surface area contributed by atoms with Gasteiger partial charge in [-0.3, -0.25) is 4.68 Å². The molecule has 0 saturated heterocycles. The van der Waals surface area contributed by atoms with Crippen molar-refractivity contribution in [3.8, 4) is 5.69 Å². The molecule has 0 N–H and O–H groups in total. The maximum Gasteiger partial charge on any atom is 0.163 e. The van der Waals surface area contributed by atoms with Gasteiger partial charge in [0.2, 0.25) is 0 Å². The standard InChI is InChI=1S/C20H23N7/c1-4-8-18-23-19(16-13-22-26(3)20(16)24-18)25(2)14-15-9-5-6-10-17(15)27-12-7-11-21-27/h5-7,9-13H,4,8,14H2,1-3H3. The topological polar surface area (TPSA) is 64.7 Å². The number of hydrogen-bond acceptors (Lipinski definition) is 5. The van der Waals surface area contributed by atoms with Gasteiger partial charge in [0.15, 0.2) is 5.65 Å². The lowest BCUT2D eigenvalue weighted by Crippen LogP contribution is -2.20. The molecule has 0 unspecified atom stereocenters. The van der Waals surface area contributed by atoms with E-state index in [9.17, 15) is 0 Å². The Labute approximate surface area is 158 Å². The van der Waals surface area contributed by atoms with Gasteiger partial charge in [0.05, 0.1) is 17.3 Å². The molecule has 4 rings (SSSR count). The fourth-order valence-electron chi connectivity index (χ4n) is 3.29. The van der Waals surface area contributed by atoms with E-state index >= 15 is 0 Å². The van der Waals surface area contributed by atoms with Crippen LogP contribution in [0.25, 0.3) is 16.7 Å². The second kappa shape index (κ2) is 7.19. The second-order valence-electron chi connectivity index (χ2n) is 6.65. The molecule has 3 aromatic heterocycles. The first-order chi connectivity index (χ1) is 13.2. The molecule has 7 heteroatoms. The highest BCUT2D eigenvalue weighted by molar-refractivity contribution is 5.86. The summed E-state index contributed by atoms with van der Waals surface area (Å²) in [7, 11) is 3.98. The Balaban J connectivity index is 1.73. The van der Waals surface area contributed by atoms with Crippen LogP contribution in [0.2, 0.25) is 0 Å². The summed E-state index contributed by atoms with van der Waals surface area (Å²) in [6.07, 6.45) is 7.46. The third-order valence-electron chi connectivity index (χ3n) is 4.60. The van der Waals surface area contributed by atoms with Crippen molar-refractivity contribution in [1.82, 2.24) is 29.5 Å². The Morgan fingerprint density at radius 3 is 2.70 bits per heavy atom. The van der Waals surface area contributed by atoms with E-state index in [1.807, 2.05) is 40.9 Å². The maximum absolute atomic E-state index is 4.83. The molecule has 0 bridgehead atoms. The number of fused-ring (bicyclic) bond motifs is 1. The van der Waals surface area contributed by atoms with Gasteiger partial charge in [0.25, 0.3) is 0 Å². The molecule has 0 saturated carbocycles. The van der Waals surface area contributed by atoms with Crippen molar-refractivity contribution >= 4 is 16.9 Å². The first-order valence-corrected chi connectivity index (χ1v) is 9.15. The van der Waals surface area contributed by atoms with E-state index in [0.717, 1.165) is 41.2 Å². The van der Waals surface area contributed by atoms with Crippen molar-refractivity contribution < 1.29 is 0 Å². The van der Waals surface area contributed by atoms with Crippen LogP contribution < -0.4 is 4.90 Å². The number of nitrogens with zero attached hydrogens (tertiary/aromatic N) is 7. The van der Waals surface area contributed by atoms with Crippen molar-refractivity contribution in [1.29, 1.82) is 0 Å². The Morgan fingerprint density at radius 1 is 1.07 bits per heavy atom. The van der Waals surface area contributed by atoms with Gasteiger partial charge in [-0.2, -0.15) is 10.2 Å². The molecule has 0 spiro atoms. The summed E-state index contributed by atoms with van der Waals surface area (Å²) in [5, 5.41) is 9.73. The molecule has 7 nitrogen and oxygen atoms in total. The Bertz CT molecular complexity index is 1050. The van der Waals surface area contributed by atoms with Gasteiger partial charge in [0.1, 0.15) is 11.6 Å². The molecular weight excluding hydrogens is 338 g/mol. The molecule has 1 aromatic carbocycles. The summed E-state index contributed by atoms with van der Waals surface area (Å²) < 4.78 is 3.70. The lowest BCUT2D eigenvalue weighted by atomic mass is 10.1. The predicted octanol–water partition coefficient (Wildman–Crippen LogP) is 3.14. The average Bonchev–Trinajstić information content (AvgIpc) is 3.33. The zero-order chi connectivity index (χ0) is 18.8. The number of benzene rings is 1. The summed E-state index contributed by atoms with van der Waals surface area (Å²) in [5.74, 6) is 1.77. The van der Waals surface area contributed by atoms with Gasteiger partial charge in [-0.05, 0) is 24.1 Å². The van der Waals surface area contributed by atoms with E-state index in [1.165, 1.54) is 5.56 Å². The second-order valence-corrected chi connectivity index (χ2v) is 6.65. The quantitative estimate of drug-likeness (QED) is 0.528. The highest BCUT2D eigenvalue weighted by Gasteiger charge is 2.16. The van der Waals surface area contributed by atoms with Crippen molar-refractivity contribution in [2.75, 3.05) is 11.9 Å². The minimum absolute atomic E-state index is 0.711. The van der Waals surface area contributed by atoms with Gasteiger partial charge in [0, 0.05) is 39.5 Å². The molecule has 0 aliphatic carbocycles. The molecule has 0 aliphatic rings. The van der Waals surface area contributed by atoms with Crippen LogP contribution in [0.1, 0.15) is 24.7 Å². The van der Waals surface area contributed by atoms with Crippen LogP contribution in [0.3, 0.4) is 0 Å². The molecule has 0 radical (unpaired) electrons. The van der Waals surface area contributed by atoms with Gasteiger partial charge in [-0.15, -0.1) is 0 Å². The predicted molar refractivity (Wildman–Crippen MR) is 106 cm³/mol. The summed E-state index contributed by atoms with van der Waals surface area (Å²) in [6.45, 7) is 2.85. The van der Waals surface area contributed by atoms with E-state index in [0.29, 0.717) is 6.54 Å². The summed E-state index contributed by atoms with van der Waals surface area (Å²) in [5.41, 5.74) is 3.12. The molecule has 0 aliphatic heterocycles. The number of anilines is 1. The van der Waals surface area contributed by atoms with E-state index in [1.54, 1.807) is 6.20 Å². The zero-order valence-electron chi connectivity index (χ0n) is 15.9. The molecular formula is C20H23N7. The molecule has 0 atom stereocenters. The largest absolute Gasteiger partial charge is 0.355 e. The normalized spacial score (nSPS) is 11.2. The molecule has 27 heavy (non-hydrogen) atoms. The summed E-state index contributed by atoms with van der Waals surface area (Å²) in [6, 6.07) is 10.2. The van der Waals surface area contributed by atoms with Gasteiger partial charge < -0.3 is 4.90 Å². The van der Waals surface area contributed by atoms with Crippen LogP contribution >= 0.6 is 0 Å². The van der Waals surface area contributed by atoms with E-state index in [4.69, 9.17) is 4.98 Å². The van der Waals surface area contributed by atoms with Crippen LogP contribution in [0.15, 0.2) is 48.9 Å². The Kier molecular flexibility index (Phi) is 4.58. The van der Waals surface area contributed by atoms with Crippen LogP contribution in [-0.4, -0.2) is 36.6 Å². The molecule has 3 heterocycles. The third-order valence-corrected chi connectivity index (χ3v) is 4.60. The summed E-state index contributed by atoms with van der Waals surface area (Å²) in [4.78, 5) is 11.7. The number of aryl methyl sites for hydroxylation is 2. The Morgan fingerprint density at radius 2 is 1.93 bits per heavy atom. The van der Waals surface area contributed by atoms with Gasteiger partial charge in [-0.1, -0.05) is 25.1 Å². The fraction of sp³-hybridized carbons (Fsp3) is 0.300. The maximum atomic E-state index is 4.83. The van der Waals surface area contributed by atoms with E-state index in [-0.39, 0.29) is 0 Å². The van der Waals surface area contributed by atoms with Crippen LogP contribution in [0.4, 0.5) is 5.82 Å². The Hall–Kier alpha value is -3.22. The lowest BCUT2D eigenvalue weighted by molar-refractivity contribution is 0.769. The number of para-hydroxylation sites is 1. The minimum atomic E-state index is 0.711. The molecule has 138 valence electrons. The van der Waals surface area contributed by atoms with E-state index < -0.39 is 0 Å². The van der Waals surface area contributed by atoms with Crippen LogP contribution in [0.5, 0.6) is 0 Å². The van der Waals surface area contributed by atoms with Gasteiger partial charge in [-0.25, -0.2) is 14.6 Å². The van der Waals surface area contributed by atoms with Crippen molar-refractivity contribution in [2.45, 2.75) is 26.3 Å². The SMILES string of the molecule is CCCc1nc(N(C)Cc2ccccc2-n2cccn2)c2cnn(C)c2n1. The van der Waals surface area contributed by atoms with E-state index in [2.05, 4.69) is 52.3 Å². The van der Waals surface area contributed by atoms with Crippen molar-refractivity contribution in [2.24, 2.45) is 7.05 Å². The zero-order valence-corrected chi connectivity index (χ0v) is 15.9. The number of aromatic nitrogens is 6. The first kappa shape index (κ1) is 17.2. The molecule has 0 fully saturated rings. The highest BCUT2D eigenvalue weighted by atomic mass is 15.3. The molecule has 0 amide bonds. The fourth-order valence-corrected chi connectivity index (χ4v) is 3.29. The van der Waals surface area contributed by atoms with Gasteiger partial charge >= 0.3 is 0 Å². The number of hydrogen-bond donors (Lipinski definition) is 0. The van der Waals surface area contributed by atoms with Crippen LogP contribution in [-0.2, 0) is 20.0 Å². The lowest BCUT2D eigenvalue weighted by Gasteiger charge is -2.21. The monoisotopic (exact) mass is 361 g/mol. The van der Waals surface area contributed by atoms with Crippen LogP contribution in [0, 0.1) is 0 Å². The summed E-state index contributed by atoms with van der Waals surface area (Å²) >= 11 is 0.